The summed E-state index contributed by atoms with van der Waals surface area (Å²) in [7, 11) is 1.63. The largest absolute Gasteiger partial charge is 0.497 e. The zero-order chi connectivity index (χ0) is 11.8. The Kier molecular flexibility index (Phi) is 2.26. The van der Waals surface area contributed by atoms with Crippen molar-refractivity contribution in [1.29, 1.82) is 0 Å². The number of rotatable bonds is 2. The van der Waals surface area contributed by atoms with E-state index >= 15 is 0 Å². The number of hydrogen-bond donors (Lipinski definition) is 1. The topological polar surface area (TPSA) is 61.3 Å². The SMILES string of the molecule is COc1ccc2cc(-c3csc(N)n3)oc2c1. The fourth-order valence-corrected chi connectivity index (χ4v) is 2.22. The summed E-state index contributed by atoms with van der Waals surface area (Å²) >= 11 is 1.40. The molecule has 0 aliphatic carbocycles. The van der Waals surface area contributed by atoms with E-state index in [9.17, 15) is 0 Å². The summed E-state index contributed by atoms with van der Waals surface area (Å²) in [4.78, 5) is 4.19. The lowest BCUT2D eigenvalue weighted by atomic mass is 10.2. The van der Waals surface area contributed by atoms with Crippen LogP contribution in [0, 0.1) is 0 Å². The van der Waals surface area contributed by atoms with Crippen molar-refractivity contribution in [3.63, 3.8) is 0 Å². The molecule has 0 radical (unpaired) electrons. The van der Waals surface area contributed by atoms with Gasteiger partial charge in [0.15, 0.2) is 10.9 Å². The number of furan rings is 1. The second kappa shape index (κ2) is 3.78. The monoisotopic (exact) mass is 246 g/mol. The van der Waals surface area contributed by atoms with Crippen LogP contribution in [0.4, 0.5) is 5.13 Å². The van der Waals surface area contributed by atoms with Gasteiger partial charge in [-0.2, -0.15) is 0 Å². The lowest BCUT2D eigenvalue weighted by molar-refractivity contribution is 0.414. The van der Waals surface area contributed by atoms with Crippen LogP contribution in [0.25, 0.3) is 22.4 Å². The van der Waals surface area contributed by atoms with Crippen LogP contribution in [0.3, 0.4) is 0 Å². The number of aromatic nitrogens is 1. The van der Waals surface area contributed by atoms with Crippen molar-refractivity contribution in [2.45, 2.75) is 0 Å². The Morgan fingerprint density at radius 2 is 2.24 bits per heavy atom. The highest BCUT2D eigenvalue weighted by Gasteiger charge is 2.09. The Hall–Kier alpha value is -2.01. The molecular formula is C12H10N2O2S. The molecule has 5 heteroatoms. The third-order valence-electron chi connectivity index (χ3n) is 2.50. The molecule has 0 aliphatic heterocycles. The molecule has 0 saturated carbocycles. The van der Waals surface area contributed by atoms with Gasteiger partial charge >= 0.3 is 0 Å². The van der Waals surface area contributed by atoms with Crippen molar-refractivity contribution in [1.82, 2.24) is 4.98 Å². The molecular weight excluding hydrogens is 236 g/mol. The van der Waals surface area contributed by atoms with Crippen molar-refractivity contribution in [2.24, 2.45) is 0 Å². The second-order valence-electron chi connectivity index (χ2n) is 3.59. The first-order valence-electron chi connectivity index (χ1n) is 5.05. The standard InChI is InChI=1S/C12H10N2O2S/c1-15-8-3-2-7-4-11(16-10(7)5-8)9-6-17-12(13)14-9/h2-6H,1H3,(H2,13,14). The molecule has 0 fully saturated rings. The van der Waals surface area contributed by atoms with Crippen LogP contribution in [-0.2, 0) is 0 Å². The van der Waals surface area contributed by atoms with Crippen LogP contribution in [-0.4, -0.2) is 12.1 Å². The van der Waals surface area contributed by atoms with Crippen molar-refractivity contribution in [3.8, 4) is 17.2 Å². The van der Waals surface area contributed by atoms with Crippen molar-refractivity contribution >= 4 is 27.4 Å². The first-order chi connectivity index (χ1) is 8.26. The maximum absolute atomic E-state index is 5.72. The van der Waals surface area contributed by atoms with Gasteiger partial charge in [0.25, 0.3) is 0 Å². The number of thiazole rings is 1. The number of nitrogen functional groups attached to an aromatic ring is 1. The lowest BCUT2D eigenvalue weighted by Crippen LogP contribution is -1.81. The average Bonchev–Trinajstić information content (AvgIpc) is 2.93. The number of nitrogens with zero attached hydrogens (tertiary/aromatic N) is 1. The van der Waals surface area contributed by atoms with E-state index in [0.717, 1.165) is 28.2 Å². The molecule has 1 aromatic carbocycles. The van der Waals surface area contributed by atoms with E-state index in [0.29, 0.717) is 5.13 Å². The van der Waals surface area contributed by atoms with E-state index in [1.54, 1.807) is 7.11 Å². The van der Waals surface area contributed by atoms with E-state index in [4.69, 9.17) is 14.9 Å². The molecule has 0 spiro atoms. The average molecular weight is 246 g/mol. The molecule has 0 aliphatic rings. The van der Waals surface area contributed by atoms with Gasteiger partial charge in [0.1, 0.15) is 17.0 Å². The molecule has 2 N–H and O–H groups in total. The van der Waals surface area contributed by atoms with Gasteiger partial charge in [-0.1, -0.05) is 0 Å². The molecule has 0 saturated heterocycles. The summed E-state index contributed by atoms with van der Waals surface area (Å²) in [6, 6.07) is 7.66. The number of nitrogens with two attached hydrogens (primary N) is 1. The van der Waals surface area contributed by atoms with E-state index in [1.165, 1.54) is 11.3 Å². The lowest BCUT2D eigenvalue weighted by Gasteiger charge is -1.96. The first-order valence-corrected chi connectivity index (χ1v) is 5.93. The molecule has 0 atom stereocenters. The number of methoxy groups -OCH3 is 1. The van der Waals surface area contributed by atoms with Gasteiger partial charge in [-0.3, -0.25) is 0 Å². The molecule has 3 rings (SSSR count). The molecule has 0 amide bonds. The Balaban J connectivity index is 2.13. The normalized spacial score (nSPS) is 10.9. The zero-order valence-corrected chi connectivity index (χ0v) is 9.95. The molecule has 0 bridgehead atoms. The van der Waals surface area contributed by atoms with Crippen molar-refractivity contribution < 1.29 is 9.15 Å². The van der Waals surface area contributed by atoms with Gasteiger partial charge < -0.3 is 14.9 Å². The van der Waals surface area contributed by atoms with Gasteiger partial charge in [0.05, 0.1) is 7.11 Å². The van der Waals surface area contributed by atoms with Crippen LogP contribution >= 0.6 is 11.3 Å². The Bertz CT molecular complexity index is 672. The molecule has 0 unspecified atom stereocenters. The maximum atomic E-state index is 5.72. The van der Waals surface area contributed by atoms with E-state index in [2.05, 4.69) is 4.98 Å². The summed E-state index contributed by atoms with van der Waals surface area (Å²) in [5.74, 6) is 1.50. The van der Waals surface area contributed by atoms with Crippen LogP contribution < -0.4 is 10.5 Å². The highest BCUT2D eigenvalue weighted by Crippen LogP contribution is 2.31. The van der Waals surface area contributed by atoms with Crippen LogP contribution in [0.15, 0.2) is 34.1 Å². The molecule has 86 valence electrons. The van der Waals surface area contributed by atoms with E-state index in [-0.39, 0.29) is 0 Å². The summed E-state index contributed by atoms with van der Waals surface area (Å²) in [6.07, 6.45) is 0. The maximum Gasteiger partial charge on any atom is 0.180 e. The Labute approximate surface area is 102 Å². The molecule has 3 aromatic rings. The predicted octanol–water partition coefficient (Wildman–Crippen LogP) is 3.15. The quantitative estimate of drug-likeness (QED) is 0.754. The van der Waals surface area contributed by atoms with Gasteiger partial charge in [-0.05, 0) is 18.2 Å². The van der Waals surface area contributed by atoms with Crippen molar-refractivity contribution in [2.75, 3.05) is 12.8 Å². The minimum absolute atomic E-state index is 0.540. The second-order valence-corrected chi connectivity index (χ2v) is 4.48. The molecule has 17 heavy (non-hydrogen) atoms. The third kappa shape index (κ3) is 1.74. The molecule has 4 nitrogen and oxygen atoms in total. The fourth-order valence-electron chi connectivity index (χ4n) is 1.67. The summed E-state index contributed by atoms with van der Waals surface area (Å²) < 4.78 is 10.9. The first kappa shape index (κ1) is 10.2. The zero-order valence-electron chi connectivity index (χ0n) is 9.14. The van der Waals surface area contributed by atoms with Crippen LogP contribution in [0.2, 0.25) is 0 Å². The summed E-state index contributed by atoms with van der Waals surface area (Å²) in [5.41, 5.74) is 7.15. The predicted molar refractivity (Wildman–Crippen MR) is 68.3 cm³/mol. The minimum atomic E-state index is 0.540. The number of benzene rings is 1. The van der Waals surface area contributed by atoms with Gasteiger partial charge in [0.2, 0.25) is 0 Å². The number of ether oxygens (including phenoxy) is 1. The fraction of sp³-hybridized carbons (Fsp3) is 0.0833. The molecule has 2 aromatic heterocycles. The third-order valence-corrected chi connectivity index (χ3v) is 3.18. The van der Waals surface area contributed by atoms with Gasteiger partial charge in [-0.15, -0.1) is 11.3 Å². The Morgan fingerprint density at radius 3 is 2.94 bits per heavy atom. The summed E-state index contributed by atoms with van der Waals surface area (Å²) in [5, 5.41) is 3.44. The van der Waals surface area contributed by atoms with Crippen LogP contribution in [0.1, 0.15) is 0 Å². The van der Waals surface area contributed by atoms with Crippen LogP contribution in [0.5, 0.6) is 5.75 Å². The Morgan fingerprint density at radius 1 is 1.35 bits per heavy atom. The highest BCUT2D eigenvalue weighted by molar-refractivity contribution is 7.13. The highest BCUT2D eigenvalue weighted by atomic mass is 32.1. The smallest absolute Gasteiger partial charge is 0.180 e. The van der Waals surface area contributed by atoms with Gasteiger partial charge in [-0.25, -0.2) is 4.98 Å². The summed E-state index contributed by atoms with van der Waals surface area (Å²) in [6.45, 7) is 0. The minimum Gasteiger partial charge on any atom is -0.497 e. The van der Waals surface area contributed by atoms with E-state index in [1.807, 2.05) is 29.6 Å². The van der Waals surface area contributed by atoms with Crippen molar-refractivity contribution in [3.05, 3.63) is 29.6 Å². The molecule has 2 heterocycles. The number of hydrogen-bond acceptors (Lipinski definition) is 5. The van der Waals surface area contributed by atoms with E-state index < -0.39 is 0 Å². The number of anilines is 1. The number of fused-ring (bicyclic) bond motifs is 1. The van der Waals surface area contributed by atoms with Gasteiger partial charge in [0, 0.05) is 16.8 Å².